The van der Waals surface area contributed by atoms with Crippen molar-refractivity contribution in [1.82, 2.24) is 0 Å². The minimum absolute atomic E-state index is 0.107. The summed E-state index contributed by atoms with van der Waals surface area (Å²) in [6, 6.07) is 7.06. The van der Waals surface area contributed by atoms with E-state index in [9.17, 15) is 15.0 Å². The van der Waals surface area contributed by atoms with Gasteiger partial charge in [-0.2, -0.15) is 0 Å². The van der Waals surface area contributed by atoms with E-state index in [2.05, 4.69) is 27.7 Å². The number of aliphatic hydroxyl groups is 2. The molecule has 1 saturated heterocycles. The number of nitrogens with one attached hydrogen (secondary N) is 1. The Kier molecular flexibility index (Phi) is 6.48. The van der Waals surface area contributed by atoms with E-state index in [1.165, 1.54) is 4.90 Å². The van der Waals surface area contributed by atoms with Crippen molar-refractivity contribution in [3.05, 3.63) is 29.8 Å². The van der Waals surface area contributed by atoms with Crippen LogP contribution >= 0.6 is 0 Å². The fourth-order valence-electron chi connectivity index (χ4n) is 4.39. The molecule has 0 aromatic heterocycles. The fraction of sp³-hybridized carbons (Fsp3) is 0.667. The van der Waals surface area contributed by atoms with Crippen molar-refractivity contribution >= 4 is 5.78 Å². The number of aliphatic hydroxyl groups excluding tert-OH is 2. The molecule has 146 valence electrons. The summed E-state index contributed by atoms with van der Waals surface area (Å²) in [6.45, 7) is 11.2. The lowest BCUT2D eigenvalue weighted by Gasteiger charge is -2.51. The number of likely N-dealkylation sites (tertiary alicyclic amines) is 1. The molecule has 1 heterocycles. The Labute approximate surface area is 157 Å². The number of carbonyl (C=O) groups excluding carboxylic acids is 1. The second kappa shape index (κ2) is 8.07. The molecule has 3 N–H and O–H groups in total. The molecular weight excluding hydrogens is 330 g/mol. The molecule has 0 aliphatic carbocycles. The number of piperidine rings is 1. The molecule has 1 aromatic rings. The van der Waals surface area contributed by atoms with Crippen LogP contribution in [0.15, 0.2) is 24.3 Å². The average molecular weight is 365 g/mol. The van der Waals surface area contributed by atoms with Gasteiger partial charge in [0.25, 0.3) is 0 Å². The smallest absolute Gasteiger partial charge is 0.162 e. The number of Topliss-reactive ketones (excluding diaryl/α,β-unsaturated/α-hetero) is 1. The van der Waals surface area contributed by atoms with Crippen LogP contribution in [0, 0.1) is 0 Å². The SMILES string of the molecule is CCC(=O)c1ccc(OC[C@@H](O)C[NH+]2C(C)(C)CC(O)CC2(C)C)cc1. The van der Waals surface area contributed by atoms with Crippen LogP contribution in [-0.2, 0) is 0 Å². The maximum atomic E-state index is 11.7. The van der Waals surface area contributed by atoms with Gasteiger partial charge in [-0.1, -0.05) is 6.92 Å². The molecule has 0 amide bonds. The minimum Gasteiger partial charge on any atom is -0.491 e. The molecule has 26 heavy (non-hydrogen) atoms. The highest BCUT2D eigenvalue weighted by Crippen LogP contribution is 2.24. The number of carbonyl (C=O) groups is 1. The average Bonchev–Trinajstić information content (AvgIpc) is 2.55. The Balaban J connectivity index is 1.93. The lowest BCUT2D eigenvalue weighted by atomic mass is 9.78. The minimum atomic E-state index is -0.601. The molecule has 5 heteroatoms. The molecule has 0 unspecified atom stereocenters. The predicted octanol–water partition coefficient (Wildman–Crippen LogP) is 1.62. The summed E-state index contributed by atoms with van der Waals surface area (Å²) in [7, 11) is 0. The van der Waals surface area contributed by atoms with Crippen molar-refractivity contribution in [3.8, 4) is 5.75 Å². The van der Waals surface area contributed by atoms with Gasteiger partial charge in [0.1, 0.15) is 25.0 Å². The molecule has 2 rings (SSSR count). The number of rotatable bonds is 7. The molecule has 0 bridgehead atoms. The Bertz CT molecular complexity index is 591. The third-order valence-corrected chi connectivity index (χ3v) is 5.51. The summed E-state index contributed by atoms with van der Waals surface area (Å²) in [5.74, 6) is 0.760. The molecule has 5 nitrogen and oxygen atoms in total. The number of quaternary nitrogens is 1. The van der Waals surface area contributed by atoms with E-state index in [4.69, 9.17) is 4.74 Å². The van der Waals surface area contributed by atoms with Crippen molar-refractivity contribution in [2.24, 2.45) is 0 Å². The van der Waals surface area contributed by atoms with Crippen LogP contribution in [-0.4, -0.2) is 52.4 Å². The third-order valence-electron chi connectivity index (χ3n) is 5.51. The molecule has 0 saturated carbocycles. The van der Waals surface area contributed by atoms with Crippen molar-refractivity contribution < 1.29 is 24.6 Å². The Morgan fingerprint density at radius 3 is 2.23 bits per heavy atom. The summed E-state index contributed by atoms with van der Waals surface area (Å²) >= 11 is 0. The first-order valence-corrected chi connectivity index (χ1v) is 9.54. The summed E-state index contributed by atoms with van der Waals surface area (Å²) in [4.78, 5) is 12.9. The molecule has 0 radical (unpaired) electrons. The molecule has 0 spiro atoms. The second-order valence-electron chi connectivity index (χ2n) is 8.78. The van der Waals surface area contributed by atoms with Gasteiger partial charge in [-0.3, -0.25) is 4.79 Å². The highest BCUT2D eigenvalue weighted by Gasteiger charge is 2.49. The molecule has 1 aromatic carbocycles. The van der Waals surface area contributed by atoms with Gasteiger partial charge in [0.2, 0.25) is 0 Å². The summed E-state index contributed by atoms with van der Waals surface area (Å²) in [6.07, 6.45) is 1.05. The Morgan fingerprint density at radius 2 is 1.73 bits per heavy atom. The topological polar surface area (TPSA) is 71.2 Å². The molecule has 1 fully saturated rings. The fourth-order valence-corrected chi connectivity index (χ4v) is 4.39. The number of ketones is 1. The number of hydrogen-bond acceptors (Lipinski definition) is 4. The molecule has 1 aliphatic heterocycles. The first-order chi connectivity index (χ1) is 12.0. The van der Waals surface area contributed by atoms with E-state index in [-0.39, 0.29) is 29.6 Å². The maximum absolute atomic E-state index is 11.7. The third kappa shape index (κ3) is 5.06. The quantitative estimate of drug-likeness (QED) is 0.643. The lowest BCUT2D eigenvalue weighted by molar-refractivity contribution is -1.00. The van der Waals surface area contributed by atoms with Crippen LogP contribution in [0.1, 0.15) is 64.2 Å². The summed E-state index contributed by atoms with van der Waals surface area (Å²) < 4.78 is 5.71. The van der Waals surface area contributed by atoms with Gasteiger partial charge in [0.05, 0.1) is 17.2 Å². The monoisotopic (exact) mass is 364 g/mol. The number of ether oxygens (including phenoxy) is 1. The van der Waals surface area contributed by atoms with Gasteiger partial charge in [-0.05, 0) is 52.0 Å². The van der Waals surface area contributed by atoms with E-state index in [1.54, 1.807) is 24.3 Å². The van der Waals surface area contributed by atoms with Crippen LogP contribution in [0.4, 0.5) is 0 Å². The van der Waals surface area contributed by atoms with Gasteiger partial charge in [-0.25, -0.2) is 0 Å². The van der Waals surface area contributed by atoms with Crippen LogP contribution in [0.3, 0.4) is 0 Å². The van der Waals surface area contributed by atoms with E-state index >= 15 is 0 Å². The molecule has 1 atom stereocenters. The largest absolute Gasteiger partial charge is 0.491 e. The zero-order chi connectivity index (χ0) is 19.5. The van der Waals surface area contributed by atoms with Gasteiger partial charge in [-0.15, -0.1) is 0 Å². The Morgan fingerprint density at radius 1 is 1.19 bits per heavy atom. The highest BCUT2D eigenvalue weighted by molar-refractivity contribution is 5.95. The number of benzene rings is 1. The highest BCUT2D eigenvalue weighted by atomic mass is 16.5. The van der Waals surface area contributed by atoms with Crippen LogP contribution in [0.25, 0.3) is 0 Å². The van der Waals surface area contributed by atoms with E-state index in [1.807, 2.05) is 6.92 Å². The maximum Gasteiger partial charge on any atom is 0.162 e. The standard InChI is InChI=1S/C21H33NO4/c1-6-19(25)15-7-9-18(10-8-15)26-14-17(24)13-22-20(2,3)11-16(23)12-21(22,4)5/h7-10,16-17,23-24H,6,11-14H2,1-5H3/p+1/t17-/m0/s1. The van der Waals surface area contributed by atoms with E-state index in [0.717, 1.165) is 12.8 Å². The van der Waals surface area contributed by atoms with Crippen LogP contribution in [0.2, 0.25) is 0 Å². The van der Waals surface area contributed by atoms with E-state index < -0.39 is 6.10 Å². The normalized spacial score (nSPS) is 25.5. The summed E-state index contributed by atoms with van der Waals surface area (Å²) in [5, 5.41) is 20.7. The van der Waals surface area contributed by atoms with Gasteiger partial charge in [0, 0.05) is 24.8 Å². The molecule has 1 aliphatic rings. The van der Waals surface area contributed by atoms with Crippen molar-refractivity contribution in [3.63, 3.8) is 0 Å². The zero-order valence-corrected chi connectivity index (χ0v) is 16.7. The van der Waals surface area contributed by atoms with Gasteiger partial charge < -0.3 is 19.8 Å². The summed E-state index contributed by atoms with van der Waals surface area (Å²) in [5.41, 5.74) is 0.467. The van der Waals surface area contributed by atoms with Crippen molar-refractivity contribution in [2.45, 2.75) is 77.2 Å². The lowest BCUT2D eigenvalue weighted by Crippen LogP contribution is -3.27. The predicted molar refractivity (Wildman–Crippen MR) is 102 cm³/mol. The first kappa shape index (κ1) is 20.9. The van der Waals surface area contributed by atoms with E-state index in [0.29, 0.717) is 24.3 Å². The molecular formula is C21H34NO4+. The van der Waals surface area contributed by atoms with Gasteiger partial charge in [0.15, 0.2) is 5.78 Å². The van der Waals surface area contributed by atoms with Crippen molar-refractivity contribution in [1.29, 1.82) is 0 Å². The number of hydrogen-bond donors (Lipinski definition) is 3. The zero-order valence-electron chi connectivity index (χ0n) is 16.7. The van der Waals surface area contributed by atoms with Gasteiger partial charge >= 0.3 is 0 Å². The Hall–Kier alpha value is -1.43. The van der Waals surface area contributed by atoms with Crippen LogP contribution in [0.5, 0.6) is 5.75 Å². The van der Waals surface area contributed by atoms with Crippen molar-refractivity contribution in [2.75, 3.05) is 13.2 Å². The second-order valence-corrected chi connectivity index (χ2v) is 8.78. The first-order valence-electron chi connectivity index (χ1n) is 9.54. The van der Waals surface area contributed by atoms with Crippen LogP contribution < -0.4 is 9.64 Å².